The summed E-state index contributed by atoms with van der Waals surface area (Å²) in [5.74, 6) is -1.32. The van der Waals surface area contributed by atoms with Crippen molar-refractivity contribution in [1.29, 1.82) is 0 Å². The van der Waals surface area contributed by atoms with Gasteiger partial charge in [0.15, 0.2) is 5.05 Å². The number of aliphatic carboxylic acids is 1. The molecule has 0 spiro atoms. The van der Waals surface area contributed by atoms with Crippen LogP contribution in [-0.4, -0.2) is 93.2 Å². The molecule has 0 unspecified atom stereocenters. The Labute approximate surface area is 361 Å². The van der Waals surface area contributed by atoms with Crippen LogP contribution in [0.15, 0.2) is 12.2 Å². The highest BCUT2D eigenvalue weighted by molar-refractivity contribution is 7.80. The lowest BCUT2D eigenvalue weighted by atomic mass is 9.99. The molecule has 0 heterocycles. The topological polar surface area (TPSA) is 166 Å². The minimum Gasteiger partial charge on any atom is -0.491 e. The Morgan fingerprint density at radius 3 is 0.684 bits per heavy atom. The van der Waals surface area contributed by atoms with Gasteiger partial charge in [-0.15, -0.1) is 0 Å². The van der Waals surface area contributed by atoms with Gasteiger partial charge in [-0.25, -0.2) is 0 Å². The van der Waals surface area contributed by atoms with Crippen LogP contribution in [-0.2, 0) is 38.1 Å². The maximum Gasteiger partial charge on any atom is 0.448 e. The monoisotopic (exact) mass is 873 g/mol. The van der Waals surface area contributed by atoms with Crippen LogP contribution in [0.5, 0.6) is 0 Å². The van der Waals surface area contributed by atoms with Crippen LogP contribution in [0, 0.1) is 0 Å². The van der Waals surface area contributed by atoms with E-state index < -0.39 is 19.2 Å². The summed E-state index contributed by atoms with van der Waals surface area (Å²) >= 11 is 4.47. The van der Waals surface area contributed by atoms with Gasteiger partial charge in [0.25, 0.3) is 5.97 Å². The number of thiocarbonyl (C=S) groups is 1. The number of aldehydes is 1. The molecule has 0 rings (SSSR count). The zero-order chi connectivity index (χ0) is 52.0. The second-order valence-corrected chi connectivity index (χ2v) is 6.43. The van der Waals surface area contributed by atoms with Gasteiger partial charge >= 0.3 is 25.2 Å². The largest absolute Gasteiger partial charge is 0.491 e. The number of alkyl halides is 3. The van der Waals surface area contributed by atoms with Crippen LogP contribution in [0.1, 0.15) is 186 Å². The number of allylic oxidation sites excluding steroid dienone is 2. The van der Waals surface area contributed by atoms with Crippen molar-refractivity contribution in [3.05, 3.63) is 12.2 Å². The van der Waals surface area contributed by atoms with Crippen molar-refractivity contribution in [3.63, 3.8) is 0 Å². The van der Waals surface area contributed by atoms with E-state index in [0.29, 0.717) is 19.2 Å². The first kappa shape index (κ1) is 117. The Kier molecular flexibility index (Phi) is 432. The van der Waals surface area contributed by atoms with Crippen molar-refractivity contribution >= 4 is 48.6 Å². The van der Waals surface area contributed by atoms with E-state index in [2.05, 4.69) is 45.0 Å². The van der Waals surface area contributed by atoms with Gasteiger partial charge in [-0.05, 0) is 39.8 Å². The average Bonchev–Trinajstić information content (AvgIpc) is 3.22. The molecule has 0 saturated carbocycles. The van der Waals surface area contributed by atoms with Crippen molar-refractivity contribution in [1.82, 2.24) is 0 Å². The molecular weight excluding hydrogens is 768 g/mol. The summed E-state index contributed by atoms with van der Waals surface area (Å²) in [6, 6.07) is 0. The van der Waals surface area contributed by atoms with Crippen molar-refractivity contribution in [3.8, 4) is 0 Å². The summed E-state index contributed by atoms with van der Waals surface area (Å²) in [6.07, 6.45) is 3.04. The lowest BCUT2D eigenvalue weighted by molar-refractivity contribution is -0.205. The number of ether oxygens (including phenoxy) is 4. The molecule has 0 radical (unpaired) electrons. The summed E-state index contributed by atoms with van der Waals surface area (Å²) in [5.41, 5.74) is 0. The molecule has 0 amide bonds. The van der Waals surface area contributed by atoms with E-state index in [1.807, 2.05) is 137 Å². The number of carbonyl (C=O) groups is 4. The van der Waals surface area contributed by atoms with Gasteiger partial charge in [0.2, 0.25) is 0 Å². The quantitative estimate of drug-likeness (QED) is 0.0751. The number of methoxy groups -OCH3 is 4. The summed E-state index contributed by atoms with van der Waals surface area (Å²) < 4.78 is 48.3. The van der Waals surface area contributed by atoms with Gasteiger partial charge in [-0.3, -0.25) is 18.8 Å². The molecule has 0 aromatic heterocycles. The van der Waals surface area contributed by atoms with Crippen LogP contribution in [0.2, 0.25) is 6.82 Å². The smallest absolute Gasteiger partial charge is 0.448 e. The third-order valence-corrected chi connectivity index (χ3v) is 1.72. The van der Waals surface area contributed by atoms with Crippen molar-refractivity contribution in [2.45, 2.75) is 199 Å². The van der Waals surface area contributed by atoms with Gasteiger partial charge in [-0.1, -0.05) is 143 Å². The van der Waals surface area contributed by atoms with E-state index in [4.69, 9.17) is 24.7 Å². The van der Waals surface area contributed by atoms with Gasteiger partial charge < -0.3 is 38.9 Å². The SMILES string of the molecule is C/C=C/C.CB(O)O.CC.CC.CC.CC.CC.CC.CC.CC.CC(=O)O.CC=O.CCC.CF.COC(C)(F)F.COC(C)=O.COC(C)=O.COC(C)=S. The normalized spacial score (nSPS) is 6.12. The first-order chi connectivity index (χ1) is 26.6. The van der Waals surface area contributed by atoms with Gasteiger partial charge in [0.05, 0.1) is 28.5 Å². The van der Waals surface area contributed by atoms with E-state index in [1.165, 1.54) is 48.2 Å². The van der Waals surface area contributed by atoms with Gasteiger partial charge in [0.1, 0.15) is 6.29 Å². The van der Waals surface area contributed by atoms with Crippen LogP contribution in [0.4, 0.5) is 13.2 Å². The Morgan fingerprint density at radius 2 is 0.684 bits per heavy atom. The summed E-state index contributed by atoms with van der Waals surface area (Å²) in [5, 5.41) is 23.2. The van der Waals surface area contributed by atoms with Crippen LogP contribution < -0.4 is 0 Å². The average molecular weight is 873 g/mol. The van der Waals surface area contributed by atoms with E-state index in [1.54, 1.807) is 14.0 Å². The number of carboxylic acids is 1. The molecule has 364 valence electrons. The maximum absolute atomic E-state index is 11.2. The number of hydrogen-bond acceptors (Lipinski definition) is 11. The highest BCUT2D eigenvalue weighted by atomic mass is 32.1. The number of rotatable bonds is 1. The van der Waals surface area contributed by atoms with Crippen molar-refractivity contribution in [2.24, 2.45) is 0 Å². The summed E-state index contributed by atoms with van der Waals surface area (Å²) in [7, 11) is 4.55. The van der Waals surface area contributed by atoms with Crippen LogP contribution >= 0.6 is 12.2 Å². The fourth-order valence-corrected chi connectivity index (χ4v) is 0. The zero-order valence-electron chi connectivity index (χ0n) is 43.7. The summed E-state index contributed by atoms with van der Waals surface area (Å²) in [6.45, 7) is 49.2. The molecule has 11 nitrogen and oxygen atoms in total. The molecule has 3 N–H and O–H groups in total. The first-order valence-electron chi connectivity index (χ1n) is 19.6. The second kappa shape index (κ2) is 210. The van der Waals surface area contributed by atoms with E-state index >= 15 is 0 Å². The number of carboxylic acid groups (broad SMARTS) is 1. The minimum absolute atomic E-state index is 0.245. The second-order valence-electron chi connectivity index (χ2n) is 5.86. The zero-order valence-corrected chi connectivity index (χ0v) is 44.5. The molecule has 0 bridgehead atoms. The first-order valence-corrected chi connectivity index (χ1v) is 20.0. The van der Waals surface area contributed by atoms with E-state index in [0.717, 1.165) is 20.3 Å². The van der Waals surface area contributed by atoms with Crippen LogP contribution in [0.3, 0.4) is 0 Å². The highest BCUT2D eigenvalue weighted by Crippen LogP contribution is 2.09. The third-order valence-electron chi connectivity index (χ3n) is 1.55. The Balaban J connectivity index is -0.0000000179. The Morgan fingerprint density at radius 1 is 0.614 bits per heavy atom. The van der Waals surface area contributed by atoms with Gasteiger partial charge in [0, 0.05) is 41.7 Å². The molecule has 0 aromatic rings. The lowest BCUT2D eigenvalue weighted by Gasteiger charge is -2.03. The number of halogens is 3. The molecule has 16 heteroatoms. The molecule has 0 aromatic carbocycles. The molecule has 0 aliphatic rings. The molecule has 57 heavy (non-hydrogen) atoms. The number of carbonyl (C=O) groups excluding carboxylic acids is 3. The lowest BCUT2D eigenvalue weighted by Crippen LogP contribution is -2.10. The number of hydrogen-bond donors (Lipinski definition) is 3. The van der Waals surface area contributed by atoms with E-state index in [9.17, 15) is 22.8 Å². The Bertz CT molecular complexity index is 501. The summed E-state index contributed by atoms with van der Waals surface area (Å²) in [4.78, 5) is 37.0. The van der Waals surface area contributed by atoms with Gasteiger partial charge in [-0.2, -0.15) is 8.78 Å². The Hall–Kier alpha value is -2.56. The predicted molar refractivity (Wildman–Crippen MR) is 254 cm³/mol. The predicted octanol–water partition coefficient (Wildman–Crippen LogP) is 13.8. The fourth-order valence-electron chi connectivity index (χ4n) is 0. The molecule has 0 fully saturated rings. The molecule has 0 aliphatic heterocycles. The maximum atomic E-state index is 11.2. The van der Waals surface area contributed by atoms with Crippen molar-refractivity contribution < 1.29 is 66.5 Å². The van der Waals surface area contributed by atoms with E-state index in [-0.39, 0.29) is 11.9 Å². The highest BCUT2D eigenvalue weighted by Gasteiger charge is 2.17. The number of esters is 2. The molecule has 0 saturated heterocycles. The molecule has 0 aliphatic carbocycles. The van der Waals surface area contributed by atoms with Crippen LogP contribution in [0.25, 0.3) is 0 Å². The molecule has 0 atom stereocenters. The standard InChI is InChI=1S/C4H8.C3H6F2O.2C3H6O2.C3H6OS.C3H8.C2H4O2.C2H4O.8C2H6.CH5BO2.CH3F/c1-3-4-2;1-3(4,5)6-2;2*1-3(4)5-2;1-3(5)4-2;1-3-2;1-2(3)4;1-2-3;8*1-2;1-2(3)4;1-2/h3-4H,1-2H3;1-2H3;3*1-2H3;3H2,1-2H3;1H3,(H,3,4);2H,1H3;8*1-2H3;3-4H,1H3;1H3/b4-3+;;;;;;;;;;;;;;;;;. The fraction of sp³-hybridized carbons (Fsp3) is 0.829. The van der Waals surface area contributed by atoms with Crippen molar-refractivity contribution in [2.75, 3.05) is 35.6 Å². The third kappa shape index (κ3) is 2550. The molecular formula is C41H104BF3O11S. The minimum atomic E-state index is -2.96.